The van der Waals surface area contributed by atoms with E-state index in [0.29, 0.717) is 13.0 Å². The van der Waals surface area contributed by atoms with Crippen molar-refractivity contribution in [2.45, 2.75) is 50.0 Å². The number of carbonyl (C=O) groups is 1. The van der Waals surface area contributed by atoms with Crippen LogP contribution in [0.4, 0.5) is 4.39 Å². The van der Waals surface area contributed by atoms with E-state index in [9.17, 15) is 17.6 Å². The fourth-order valence-corrected chi connectivity index (χ4v) is 4.27. The molecule has 1 heterocycles. The second-order valence-corrected chi connectivity index (χ2v) is 8.30. The van der Waals surface area contributed by atoms with Gasteiger partial charge in [-0.1, -0.05) is 6.92 Å². The molecular weight excluding hydrogens is 357 g/mol. The first-order valence-corrected chi connectivity index (χ1v) is 10.7. The summed E-state index contributed by atoms with van der Waals surface area (Å²) in [6, 6.07) is 3.68. The van der Waals surface area contributed by atoms with Crippen LogP contribution in [0, 0.1) is 5.82 Å². The van der Waals surface area contributed by atoms with E-state index in [1.54, 1.807) is 6.92 Å². The van der Waals surface area contributed by atoms with Crippen LogP contribution in [0.25, 0.3) is 0 Å². The fraction of sp³-hybridized carbons (Fsp3) is 0.611. The number of nitrogens with zero attached hydrogens (tertiary/aromatic N) is 1. The topological polar surface area (TPSA) is 78.5 Å². The summed E-state index contributed by atoms with van der Waals surface area (Å²) in [4.78, 5) is 14.6. The maximum absolute atomic E-state index is 13.0. The second-order valence-electron chi connectivity index (χ2n) is 6.58. The van der Waals surface area contributed by atoms with E-state index in [2.05, 4.69) is 14.9 Å². The van der Waals surface area contributed by atoms with Crippen molar-refractivity contribution in [1.82, 2.24) is 14.9 Å². The summed E-state index contributed by atoms with van der Waals surface area (Å²) in [6.07, 6.45) is 4.74. The Bertz CT molecular complexity index is 673. The van der Waals surface area contributed by atoms with E-state index < -0.39 is 21.9 Å². The molecule has 8 heteroatoms. The zero-order valence-corrected chi connectivity index (χ0v) is 16.0. The molecule has 0 saturated carbocycles. The van der Waals surface area contributed by atoms with Gasteiger partial charge in [0, 0.05) is 6.54 Å². The predicted octanol–water partition coefficient (Wildman–Crippen LogP) is 1.87. The van der Waals surface area contributed by atoms with Gasteiger partial charge in [0.1, 0.15) is 11.9 Å². The number of halogens is 1. The number of hydrogen-bond acceptors (Lipinski definition) is 4. The SMILES string of the molecule is CCC(NS(=O)(=O)c1ccc(F)cc1)C(=O)NCCCCN1CCCC1. The van der Waals surface area contributed by atoms with Gasteiger partial charge in [0.2, 0.25) is 15.9 Å². The summed E-state index contributed by atoms with van der Waals surface area (Å²) < 4.78 is 40.0. The van der Waals surface area contributed by atoms with Gasteiger partial charge in [0.25, 0.3) is 0 Å². The Hall–Kier alpha value is -1.51. The number of hydrogen-bond donors (Lipinski definition) is 2. The molecular formula is C18H28FN3O3S. The van der Waals surface area contributed by atoms with Gasteiger partial charge in [0.15, 0.2) is 0 Å². The number of rotatable bonds is 10. The molecule has 1 aromatic rings. The Morgan fingerprint density at radius 3 is 2.46 bits per heavy atom. The molecule has 2 N–H and O–H groups in total. The lowest BCUT2D eigenvalue weighted by Gasteiger charge is -2.17. The van der Waals surface area contributed by atoms with E-state index in [1.165, 1.54) is 25.0 Å². The normalized spacial score (nSPS) is 16.5. The van der Waals surface area contributed by atoms with Gasteiger partial charge in [-0.05, 0) is 76.0 Å². The second kappa shape index (κ2) is 9.99. The van der Waals surface area contributed by atoms with Crippen molar-refractivity contribution in [3.05, 3.63) is 30.1 Å². The first kappa shape index (κ1) is 20.8. The minimum atomic E-state index is -3.86. The van der Waals surface area contributed by atoms with Crippen molar-refractivity contribution in [2.75, 3.05) is 26.2 Å². The Morgan fingerprint density at radius 2 is 1.85 bits per heavy atom. The van der Waals surface area contributed by atoms with E-state index in [-0.39, 0.29) is 10.8 Å². The van der Waals surface area contributed by atoms with Crippen LogP contribution in [0.1, 0.15) is 39.0 Å². The van der Waals surface area contributed by atoms with Gasteiger partial charge >= 0.3 is 0 Å². The fourth-order valence-electron chi connectivity index (χ4n) is 2.99. The van der Waals surface area contributed by atoms with Crippen molar-refractivity contribution in [3.63, 3.8) is 0 Å². The number of unbranched alkanes of at least 4 members (excludes halogenated alkanes) is 1. The van der Waals surface area contributed by atoms with Gasteiger partial charge < -0.3 is 10.2 Å². The molecule has 0 aliphatic carbocycles. The number of carbonyl (C=O) groups excluding carboxylic acids is 1. The highest BCUT2D eigenvalue weighted by Crippen LogP contribution is 2.11. The number of nitrogens with one attached hydrogen (secondary N) is 2. The molecule has 0 radical (unpaired) electrons. The van der Waals surface area contributed by atoms with Gasteiger partial charge in [-0.25, -0.2) is 12.8 Å². The van der Waals surface area contributed by atoms with E-state index in [4.69, 9.17) is 0 Å². The molecule has 146 valence electrons. The third-order valence-corrected chi connectivity index (χ3v) is 6.03. The summed E-state index contributed by atoms with van der Waals surface area (Å²) in [5, 5.41) is 2.80. The maximum atomic E-state index is 13.0. The monoisotopic (exact) mass is 385 g/mol. The molecule has 26 heavy (non-hydrogen) atoms. The summed E-state index contributed by atoms with van der Waals surface area (Å²) >= 11 is 0. The largest absolute Gasteiger partial charge is 0.355 e. The number of likely N-dealkylation sites (tertiary alicyclic amines) is 1. The maximum Gasteiger partial charge on any atom is 0.241 e. The average molecular weight is 386 g/mol. The third kappa shape index (κ3) is 6.34. The summed E-state index contributed by atoms with van der Waals surface area (Å²) in [5.41, 5.74) is 0. The highest BCUT2D eigenvalue weighted by molar-refractivity contribution is 7.89. The Morgan fingerprint density at radius 1 is 1.19 bits per heavy atom. The lowest BCUT2D eigenvalue weighted by atomic mass is 10.2. The van der Waals surface area contributed by atoms with Crippen molar-refractivity contribution < 1.29 is 17.6 Å². The zero-order chi connectivity index (χ0) is 19.0. The standard InChI is InChI=1S/C18H28FN3O3S/c1-2-17(21-26(24,25)16-9-7-15(19)8-10-16)18(23)20-11-3-4-12-22-13-5-6-14-22/h7-10,17,21H,2-6,11-14H2,1H3,(H,20,23). The van der Waals surface area contributed by atoms with Crippen LogP contribution in [-0.2, 0) is 14.8 Å². The molecule has 1 aliphatic heterocycles. The summed E-state index contributed by atoms with van der Waals surface area (Å²) in [5.74, 6) is -0.845. The molecule has 1 aromatic carbocycles. The number of sulfonamides is 1. The van der Waals surface area contributed by atoms with Crippen LogP contribution in [0.3, 0.4) is 0 Å². The molecule has 1 aliphatic rings. The molecule has 1 amide bonds. The smallest absolute Gasteiger partial charge is 0.241 e. The lowest BCUT2D eigenvalue weighted by Crippen LogP contribution is -2.46. The van der Waals surface area contributed by atoms with E-state index in [0.717, 1.165) is 44.6 Å². The van der Waals surface area contributed by atoms with Gasteiger partial charge in [-0.2, -0.15) is 4.72 Å². The molecule has 1 fully saturated rings. The van der Waals surface area contributed by atoms with Crippen molar-refractivity contribution in [2.24, 2.45) is 0 Å². The Kier molecular flexibility index (Phi) is 7.99. The van der Waals surface area contributed by atoms with Crippen LogP contribution in [0.2, 0.25) is 0 Å². The van der Waals surface area contributed by atoms with E-state index >= 15 is 0 Å². The van der Waals surface area contributed by atoms with Crippen LogP contribution >= 0.6 is 0 Å². The van der Waals surface area contributed by atoms with Gasteiger partial charge in [0.05, 0.1) is 4.90 Å². The summed E-state index contributed by atoms with van der Waals surface area (Å²) in [6.45, 7) is 5.64. The third-order valence-electron chi connectivity index (χ3n) is 4.55. The minimum Gasteiger partial charge on any atom is -0.355 e. The van der Waals surface area contributed by atoms with Crippen LogP contribution < -0.4 is 10.0 Å². The molecule has 0 spiro atoms. The Balaban J connectivity index is 1.77. The first-order valence-electron chi connectivity index (χ1n) is 9.20. The molecule has 1 atom stereocenters. The molecule has 0 bridgehead atoms. The van der Waals surface area contributed by atoms with Crippen LogP contribution in [0.5, 0.6) is 0 Å². The first-order chi connectivity index (χ1) is 12.4. The van der Waals surface area contributed by atoms with Gasteiger partial charge in [-0.15, -0.1) is 0 Å². The summed E-state index contributed by atoms with van der Waals surface area (Å²) in [7, 11) is -3.86. The molecule has 0 aromatic heterocycles. The number of benzene rings is 1. The molecule has 2 rings (SSSR count). The zero-order valence-electron chi connectivity index (χ0n) is 15.2. The quantitative estimate of drug-likeness (QED) is 0.603. The van der Waals surface area contributed by atoms with E-state index in [1.807, 2.05) is 0 Å². The molecule has 1 unspecified atom stereocenters. The van der Waals surface area contributed by atoms with Crippen molar-refractivity contribution >= 4 is 15.9 Å². The van der Waals surface area contributed by atoms with Crippen molar-refractivity contribution in [3.8, 4) is 0 Å². The highest BCUT2D eigenvalue weighted by Gasteiger charge is 2.24. The average Bonchev–Trinajstić information content (AvgIpc) is 3.13. The lowest BCUT2D eigenvalue weighted by molar-refractivity contribution is -0.122. The highest BCUT2D eigenvalue weighted by atomic mass is 32.2. The predicted molar refractivity (Wildman–Crippen MR) is 98.7 cm³/mol. The van der Waals surface area contributed by atoms with Crippen molar-refractivity contribution in [1.29, 1.82) is 0 Å². The van der Waals surface area contributed by atoms with Gasteiger partial charge in [-0.3, -0.25) is 4.79 Å². The molecule has 1 saturated heterocycles. The van der Waals surface area contributed by atoms with Crippen LogP contribution in [-0.4, -0.2) is 51.4 Å². The Labute approximate surface area is 155 Å². The molecule has 6 nitrogen and oxygen atoms in total. The van der Waals surface area contributed by atoms with Crippen LogP contribution in [0.15, 0.2) is 29.2 Å². The minimum absolute atomic E-state index is 0.0595. The number of amides is 1.